The fourth-order valence-corrected chi connectivity index (χ4v) is 4.21. The van der Waals surface area contributed by atoms with E-state index in [9.17, 15) is 19.5 Å². The molecule has 1 N–H and O–H groups in total. The van der Waals surface area contributed by atoms with Crippen molar-refractivity contribution >= 4 is 34.3 Å². The maximum absolute atomic E-state index is 13.6. The quantitative estimate of drug-likeness (QED) is 0.298. The molecule has 1 aliphatic rings. The van der Waals surface area contributed by atoms with E-state index in [2.05, 4.69) is 4.98 Å². The molecule has 2 aromatic carbocycles. The van der Waals surface area contributed by atoms with Crippen molar-refractivity contribution in [2.24, 2.45) is 0 Å². The average Bonchev–Trinajstić information content (AvgIpc) is 3.43. The van der Waals surface area contributed by atoms with Crippen LogP contribution >= 0.6 is 0 Å². The largest absolute Gasteiger partial charge is 0.503 e. The number of anilines is 1. The van der Waals surface area contributed by atoms with E-state index >= 15 is 0 Å². The van der Waals surface area contributed by atoms with Gasteiger partial charge in [-0.3, -0.25) is 19.5 Å². The SMILES string of the molecule is CC(C)OC(=O)c1cccc(N2C(=O)C(O)=C(C(=O)c3cc4ccccc4o3)C2c2ccccn2)c1. The minimum absolute atomic E-state index is 0.0115. The van der Waals surface area contributed by atoms with Crippen molar-refractivity contribution in [1.29, 1.82) is 0 Å². The van der Waals surface area contributed by atoms with Crippen LogP contribution in [0.25, 0.3) is 11.0 Å². The molecule has 180 valence electrons. The minimum Gasteiger partial charge on any atom is -0.503 e. The first-order valence-electron chi connectivity index (χ1n) is 11.4. The molecule has 8 heteroatoms. The van der Waals surface area contributed by atoms with E-state index in [1.807, 2.05) is 6.07 Å². The maximum Gasteiger partial charge on any atom is 0.338 e. The number of aliphatic hydroxyl groups excluding tert-OH is 1. The first-order valence-corrected chi connectivity index (χ1v) is 11.4. The number of aliphatic hydroxyl groups is 1. The number of ether oxygens (including phenoxy) is 1. The molecular formula is C28H22N2O6. The van der Waals surface area contributed by atoms with Gasteiger partial charge in [0.25, 0.3) is 5.91 Å². The summed E-state index contributed by atoms with van der Waals surface area (Å²) in [5, 5.41) is 11.6. The first-order chi connectivity index (χ1) is 17.3. The molecule has 2 aromatic heterocycles. The molecule has 1 atom stereocenters. The number of Topliss-reactive ketones (excluding diaryl/α,β-unsaturated/α-hetero) is 1. The maximum atomic E-state index is 13.6. The van der Waals surface area contributed by atoms with Gasteiger partial charge in [-0.1, -0.05) is 30.3 Å². The van der Waals surface area contributed by atoms with Crippen molar-refractivity contribution in [3.8, 4) is 0 Å². The number of furan rings is 1. The smallest absolute Gasteiger partial charge is 0.338 e. The molecule has 1 aliphatic heterocycles. The van der Waals surface area contributed by atoms with Gasteiger partial charge in [0.2, 0.25) is 5.78 Å². The normalized spacial score (nSPS) is 15.7. The third-order valence-electron chi connectivity index (χ3n) is 5.77. The van der Waals surface area contributed by atoms with Gasteiger partial charge >= 0.3 is 5.97 Å². The number of hydrogen-bond donors (Lipinski definition) is 1. The molecule has 1 amide bonds. The zero-order valence-electron chi connectivity index (χ0n) is 19.5. The van der Waals surface area contributed by atoms with Crippen LogP contribution in [0.1, 0.15) is 46.5 Å². The number of fused-ring (bicyclic) bond motifs is 1. The topological polar surface area (TPSA) is 110 Å². The summed E-state index contributed by atoms with van der Waals surface area (Å²) < 4.78 is 11.0. The number of carbonyl (C=O) groups excluding carboxylic acids is 3. The molecule has 8 nitrogen and oxygen atoms in total. The first kappa shape index (κ1) is 23.0. The third-order valence-corrected chi connectivity index (χ3v) is 5.77. The van der Waals surface area contributed by atoms with Crippen LogP contribution in [-0.2, 0) is 9.53 Å². The van der Waals surface area contributed by atoms with Crippen LogP contribution in [0.2, 0.25) is 0 Å². The van der Waals surface area contributed by atoms with E-state index in [0.29, 0.717) is 22.4 Å². The molecule has 36 heavy (non-hydrogen) atoms. The Morgan fingerprint density at radius 2 is 1.81 bits per heavy atom. The highest BCUT2D eigenvalue weighted by Gasteiger charge is 2.46. The summed E-state index contributed by atoms with van der Waals surface area (Å²) in [6.45, 7) is 3.47. The highest BCUT2D eigenvalue weighted by molar-refractivity contribution is 6.20. The van der Waals surface area contributed by atoms with Crippen LogP contribution in [0.5, 0.6) is 0 Å². The van der Waals surface area contributed by atoms with Gasteiger partial charge in [0.05, 0.1) is 22.9 Å². The van der Waals surface area contributed by atoms with Crippen molar-refractivity contribution < 1.29 is 28.6 Å². The number of hydrogen-bond acceptors (Lipinski definition) is 7. The Balaban J connectivity index is 1.61. The molecule has 3 heterocycles. The minimum atomic E-state index is -1.05. The number of rotatable bonds is 6. The predicted octanol–water partition coefficient (Wildman–Crippen LogP) is 5.18. The molecular weight excluding hydrogens is 460 g/mol. The average molecular weight is 482 g/mol. The number of pyridine rings is 1. The summed E-state index contributed by atoms with van der Waals surface area (Å²) >= 11 is 0. The summed E-state index contributed by atoms with van der Waals surface area (Å²) in [7, 11) is 0. The van der Waals surface area contributed by atoms with Gasteiger partial charge in [0.1, 0.15) is 11.6 Å². The summed E-state index contributed by atoms with van der Waals surface area (Å²) in [5.41, 5.74) is 1.24. The van der Waals surface area contributed by atoms with E-state index in [1.165, 1.54) is 17.2 Å². The second kappa shape index (κ2) is 9.14. The van der Waals surface area contributed by atoms with Crippen LogP contribution in [0, 0.1) is 0 Å². The standard InChI is InChI=1S/C28H22N2O6/c1-16(2)35-28(34)18-9-7-10-19(14-18)30-24(20-11-5-6-13-29-20)23(26(32)27(30)33)25(31)22-15-17-8-3-4-12-21(17)36-22/h3-16,24,32H,1-2H3. The van der Waals surface area contributed by atoms with E-state index in [4.69, 9.17) is 9.15 Å². The molecule has 0 aliphatic carbocycles. The van der Waals surface area contributed by atoms with Crippen molar-refractivity contribution in [2.45, 2.75) is 26.0 Å². The third kappa shape index (κ3) is 4.02. The lowest BCUT2D eigenvalue weighted by Crippen LogP contribution is -2.31. The van der Waals surface area contributed by atoms with E-state index < -0.39 is 29.5 Å². The van der Waals surface area contributed by atoms with E-state index in [-0.39, 0.29) is 23.0 Å². The Bertz CT molecular complexity index is 1490. The Kier molecular flexibility index (Phi) is 5.85. The molecule has 0 bridgehead atoms. The summed E-state index contributed by atoms with van der Waals surface area (Å²) in [4.78, 5) is 45.1. The van der Waals surface area contributed by atoms with Gasteiger partial charge in [0.15, 0.2) is 11.5 Å². The fourth-order valence-electron chi connectivity index (χ4n) is 4.21. The zero-order chi connectivity index (χ0) is 25.4. The number of para-hydroxylation sites is 1. The Morgan fingerprint density at radius 3 is 2.53 bits per heavy atom. The molecule has 4 aromatic rings. The molecule has 1 unspecified atom stereocenters. The Morgan fingerprint density at radius 1 is 1.03 bits per heavy atom. The van der Waals surface area contributed by atoms with Crippen LogP contribution in [-0.4, -0.2) is 33.9 Å². The number of esters is 1. The Hall–Kier alpha value is -4.72. The number of nitrogens with zero attached hydrogens (tertiary/aromatic N) is 2. The van der Waals surface area contributed by atoms with Crippen LogP contribution in [0.15, 0.2) is 94.7 Å². The number of carbonyl (C=O) groups is 3. The van der Waals surface area contributed by atoms with Crippen molar-refractivity contribution in [1.82, 2.24) is 4.98 Å². The highest BCUT2D eigenvalue weighted by atomic mass is 16.5. The van der Waals surface area contributed by atoms with Crippen molar-refractivity contribution in [3.05, 3.63) is 107 Å². The lowest BCUT2D eigenvalue weighted by Gasteiger charge is -2.26. The molecule has 0 radical (unpaired) electrons. The number of aromatic nitrogens is 1. The number of amides is 1. The second-order valence-corrected chi connectivity index (χ2v) is 8.58. The van der Waals surface area contributed by atoms with Crippen LogP contribution in [0.4, 0.5) is 5.69 Å². The molecule has 0 spiro atoms. The molecule has 5 rings (SSSR count). The van der Waals surface area contributed by atoms with Gasteiger partial charge in [-0.05, 0) is 56.3 Å². The van der Waals surface area contributed by atoms with Crippen molar-refractivity contribution in [3.63, 3.8) is 0 Å². The number of benzene rings is 2. The van der Waals surface area contributed by atoms with Crippen LogP contribution in [0.3, 0.4) is 0 Å². The zero-order valence-corrected chi connectivity index (χ0v) is 19.5. The Labute approximate surface area is 206 Å². The van der Waals surface area contributed by atoms with E-state index in [0.717, 1.165) is 0 Å². The van der Waals surface area contributed by atoms with Gasteiger partial charge in [-0.2, -0.15) is 0 Å². The van der Waals surface area contributed by atoms with Gasteiger partial charge in [-0.15, -0.1) is 0 Å². The van der Waals surface area contributed by atoms with Crippen LogP contribution < -0.4 is 4.90 Å². The summed E-state index contributed by atoms with van der Waals surface area (Å²) in [5.74, 6) is -2.69. The lowest BCUT2D eigenvalue weighted by molar-refractivity contribution is -0.117. The number of ketones is 1. The lowest BCUT2D eigenvalue weighted by atomic mass is 9.98. The summed E-state index contributed by atoms with van der Waals surface area (Å²) in [6, 6.07) is 19.0. The van der Waals surface area contributed by atoms with Gasteiger partial charge in [0, 0.05) is 17.3 Å². The highest BCUT2D eigenvalue weighted by Crippen LogP contribution is 2.41. The van der Waals surface area contributed by atoms with Gasteiger partial charge in [-0.25, -0.2) is 4.79 Å². The molecule has 0 saturated heterocycles. The second-order valence-electron chi connectivity index (χ2n) is 8.58. The monoisotopic (exact) mass is 482 g/mol. The molecule has 0 fully saturated rings. The fraction of sp³-hybridized carbons (Fsp3) is 0.143. The van der Waals surface area contributed by atoms with E-state index in [1.54, 1.807) is 74.5 Å². The van der Waals surface area contributed by atoms with Gasteiger partial charge < -0.3 is 14.3 Å². The molecule has 0 saturated carbocycles. The van der Waals surface area contributed by atoms with Crippen molar-refractivity contribution in [2.75, 3.05) is 4.90 Å². The predicted molar refractivity (Wildman–Crippen MR) is 132 cm³/mol. The summed E-state index contributed by atoms with van der Waals surface area (Å²) in [6.07, 6.45) is 1.21.